The zero-order chi connectivity index (χ0) is 21.4. The third-order valence-electron chi connectivity index (χ3n) is 6.72. The van der Waals surface area contributed by atoms with Crippen molar-refractivity contribution in [2.24, 2.45) is 15.9 Å². The van der Waals surface area contributed by atoms with Gasteiger partial charge in [0.1, 0.15) is 0 Å². The highest BCUT2D eigenvalue weighted by molar-refractivity contribution is 8.14. The van der Waals surface area contributed by atoms with Gasteiger partial charge in [-0.25, -0.2) is 4.99 Å². The fraction of sp³-hybridized carbons (Fsp3) is 0.609. The average Bonchev–Trinajstić information content (AvgIpc) is 3.26. The lowest BCUT2D eigenvalue weighted by Gasteiger charge is -2.35. The number of thioether (sulfide) groups is 1. The second-order valence-corrected chi connectivity index (χ2v) is 9.78. The molecule has 166 valence electrons. The number of carbonyl (C=O) groups excluding carboxylic acids is 1. The number of methoxy groups -OCH3 is 1. The van der Waals surface area contributed by atoms with Crippen molar-refractivity contribution >= 4 is 34.7 Å². The van der Waals surface area contributed by atoms with Crippen LogP contribution in [0.3, 0.4) is 0 Å². The van der Waals surface area contributed by atoms with Gasteiger partial charge in [0, 0.05) is 30.0 Å². The quantitative estimate of drug-likeness (QED) is 0.623. The van der Waals surface area contributed by atoms with Crippen LogP contribution in [-0.2, 0) is 4.79 Å². The molecular weight excluding hydrogens is 412 g/mol. The number of ether oxygens (including phenoxy) is 2. The van der Waals surface area contributed by atoms with Gasteiger partial charge in [-0.1, -0.05) is 6.42 Å². The second kappa shape index (κ2) is 8.82. The molecule has 0 radical (unpaired) electrons. The lowest BCUT2D eigenvalue weighted by molar-refractivity contribution is -0.131. The number of aliphatic imine (C=N–C) groups is 2. The highest BCUT2D eigenvalue weighted by Crippen LogP contribution is 2.45. The molecule has 1 aromatic carbocycles. The summed E-state index contributed by atoms with van der Waals surface area (Å²) in [5.41, 5.74) is 1.68. The Labute approximate surface area is 187 Å². The molecule has 31 heavy (non-hydrogen) atoms. The number of fused-ring (bicyclic) bond motifs is 4. The molecule has 0 aromatic heterocycles. The molecule has 1 amide bonds. The molecule has 8 heteroatoms. The summed E-state index contributed by atoms with van der Waals surface area (Å²) in [6.07, 6.45) is 7.02. The van der Waals surface area contributed by atoms with Gasteiger partial charge in [-0.15, -0.1) is 11.8 Å². The minimum absolute atomic E-state index is 0.0969. The molecule has 0 bridgehead atoms. The Morgan fingerprint density at radius 3 is 2.97 bits per heavy atom. The zero-order valence-electron chi connectivity index (χ0n) is 18.2. The zero-order valence-corrected chi connectivity index (χ0v) is 19.1. The maximum atomic E-state index is 12.9. The van der Waals surface area contributed by atoms with E-state index in [1.807, 2.05) is 12.1 Å². The fourth-order valence-corrected chi connectivity index (χ4v) is 6.06. The van der Waals surface area contributed by atoms with E-state index >= 15 is 0 Å². The van der Waals surface area contributed by atoms with Gasteiger partial charge in [0.2, 0.25) is 5.91 Å². The average molecular weight is 443 g/mol. The van der Waals surface area contributed by atoms with Gasteiger partial charge in [-0.2, -0.15) is 0 Å². The van der Waals surface area contributed by atoms with Crippen LogP contribution in [0.25, 0.3) is 0 Å². The normalized spacial score (nSPS) is 27.4. The SMILES string of the molecule is COc1cc2c(cc1OCCCN1CCCCC1C)C1N=C3SCCC3C(=O)N1C=N2. The Balaban J connectivity index is 1.32. The van der Waals surface area contributed by atoms with Crippen molar-refractivity contribution in [3.63, 3.8) is 0 Å². The number of likely N-dealkylation sites (tertiary alicyclic amines) is 1. The molecule has 5 rings (SSSR count). The predicted octanol–water partition coefficient (Wildman–Crippen LogP) is 4.00. The van der Waals surface area contributed by atoms with Crippen LogP contribution in [0.2, 0.25) is 0 Å². The van der Waals surface area contributed by atoms with E-state index < -0.39 is 0 Å². The molecule has 3 unspecified atom stereocenters. The molecule has 4 aliphatic rings. The van der Waals surface area contributed by atoms with Gasteiger partial charge in [0.25, 0.3) is 0 Å². The van der Waals surface area contributed by atoms with Crippen LogP contribution in [0.4, 0.5) is 5.69 Å². The van der Waals surface area contributed by atoms with Crippen molar-refractivity contribution in [2.75, 3.05) is 32.6 Å². The number of rotatable bonds is 6. The van der Waals surface area contributed by atoms with Gasteiger partial charge in [0.15, 0.2) is 17.7 Å². The number of piperidine rings is 1. The Morgan fingerprint density at radius 1 is 1.23 bits per heavy atom. The summed E-state index contributed by atoms with van der Waals surface area (Å²) in [4.78, 5) is 26.6. The Hall–Kier alpha value is -2.06. The van der Waals surface area contributed by atoms with Crippen molar-refractivity contribution < 1.29 is 14.3 Å². The van der Waals surface area contributed by atoms with E-state index in [-0.39, 0.29) is 18.0 Å². The van der Waals surface area contributed by atoms with E-state index in [0.29, 0.717) is 24.1 Å². The highest BCUT2D eigenvalue weighted by atomic mass is 32.2. The monoisotopic (exact) mass is 442 g/mol. The number of hydrogen-bond donors (Lipinski definition) is 0. The van der Waals surface area contributed by atoms with E-state index in [9.17, 15) is 4.79 Å². The molecule has 7 nitrogen and oxygen atoms in total. The molecule has 3 atom stereocenters. The van der Waals surface area contributed by atoms with Gasteiger partial charge in [0.05, 0.1) is 36.7 Å². The summed E-state index contributed by atoms with van der Waals surface area (Å²) in [6, 6.07) is 4.52. The van der Waals surface area contributed by atoms with Crippen molar-refractivity contribution in [1.29, 1.82) is 0 Å². The molecule has 0 aliphatic carbocycles. The van der Waals surface area contributed by atoms with E-state index in [1.165, 1.54) is 25.8 Å². The number of amides is 1. The van der Waals surface area contributed by atoms with Gasteiger partial charge < -0.3 is 14.4 Å². The topological polar surface area (TPSA) is 66.7 Å². The van der Waals surface area contributed by atoms with Crippen LogP contribution in [0.5, 0.6) is 11.5 Å². The molecule has 0 saturated carbocycles. The first-order valence-corrected chi connectivity index (χ1v) is 12.3. The summed E-state index contributed by atoms with van der Waals surface area (Å²) < 4.78 is 11.7. The molecule has 2 saturated heterocycles. The molecule has 0 spiro atoms. The molecule has 4 heterocycles. The first-order valence-electron chi connectivity index (χ1n) is 11.3. The largest absolute Gasteiger partial charge is 0.493 e. The molecular formula is C23H30N4O3S. The van der Waals surface area contributed by atoms with Crippen LogP contribution < -0.4 is 9.47 Å². The fourth-order valence-electron chi connectivity index (χ4n) is 4.90. The number of hydrogen-bond acceptors (Lipinski definition) is 7. The second-order valence-electron chi connectivity index (χ2n) is 8.67. The Morgan fingerprint density at radius 2 is 2.13 bits per heavy atom. The Bertz CT molecular complexity index is 918. The highest BCUT2D eigenvalue weighted by Gasteiger charge is 2.42. The molecule has 1 aromatic rings. The maximum absolute atomic E-state index is 12.9. The van der Waals surface area contributed by atoms with E-state index in [2.05, 4.69) is 16.8 Å². The minimum Gasteiger partial charge on any atom is -0.493 e. The van der Waals surface area contributed by atoms with Gasteiger partial charge >= 0.3 is 0 Å². The molecule has 2 fully saturated rings. The van der Waals surface area contributed by atoms with E-state index in [1.54, 1.807) is 30.1 Å². The van der Waals surface area contributed by atoms with Gasteiger partial charge in [-0.05, 0) is 45.2 Å². The van der Waals surface area contributed by atoms with Crippen molar-refractivity contribution in [3.8, 4) is 11.5 Å². The first kappa shape index (κ1) is 20.8. The van der Waals surface area contributed by atoms with Gasteiger partial charge in [-0.3, -0.25) is 14.7 Å². The maximum Gasteiger partial charge on any atom is 0.239 e. The van der Waals surface area contributed by atoms with Crippen molar-refractivity contribution in [3.05, 3.63) is 17.7 Å². The summed E-state index contributed by atoms with van der Waals surface area (Å²) in [7, 11) is 1.65. The lowest BCUT2D eigenvalue weighted by Crippen LogP contribution is -2.43. The predicted molar refractivity (Wildman–Crippen MR) is 124 cm³/mol. The minimum atomic E-state index is -0.362. The number of benzene rings is 1. The third-order valence-corrected chi connectivity index (χ3v) is 7.85. The summed E-state index contributed by atoms with van der Waals surface area (Å²) in [5, 5.41) is 0.960. The molecule has 0 N–H and O–H groups in total. The van der Waals surface area contributed by atoms with E-state index in [0.717, 1.165) is 41.4 Å². The van der Waals surface area contributed by atoms with Crippen molar-refractivity contribution in [1.82, 2.24) is 9.80 Å². The summed E-state index contributed by atoms with van der Waals surface area (Å²) >= 11 is 1.70. The standard InChI is InChI=1S/C23H30N4O3S/c1-15-6-3-4-8-26(15)9-5-10-30-20-12-17-18(13-19(20)29-2)24-14-27-21(17)25-22-16(23(27)28)7-11-31-22/h12-16,21H,3-11H2,1-2H3. The summed E-state index contributed by atoms with van der Waals surface area (Å²) in [5.74, 6) is 2.31. The number of carbonyl (C=O) groups is 1. The summed E-state index contributed by atoms with van der Waals surface area (Å²) in [6.45, 7) is 5.18. The molecule has 4 aliphatic heterocycles. The van der Waals surface area contributed by atoms with Crippen LogP contribution in [0.1, 0.15) is 50.8 Å². The van der Waals surface area contributed by atoms with E-state index in [4.69, 9.17) is 14.5 Å². The van der Waals surface area contributed by atoms with Crippen LogP contribution in [0.15, 0.2) is 22.1 Å². The number of nitrogens with zero attached hydrogens (tertiary/aromatic N) is 4. The first-order chi connectivity index (χ1) is 15.2. The Kier molecular flexibility index (Phi) is 5.93. The van der Waals surface area contributed by atoms with Crippen molar-refractivity contribution in [2.45, 2.75) is 51.2 Å². The third kappa shape index (κ3) is 3.96. The van der Waals surface area contributed by atoms with Crippen LogP contribution in [0, 0.1) is 5.92 Å². The van der Waals surface area contributed by atoms with Crippen LogP contribution in [-0.4, -0.2) is 65.7 Å². The van der Waals surface area contributed by atoms with Crippen LogP contribution >= 0.6 is 11.8 Å². The smallest absolute Gasteiger partial charge is 0.239 e. The lowest BCUT2D eigenvalue weighted by atomic mass is 10.00.